The molecule has 0 aliphatic rings. The maximum atomic E-state index is 11.2. The molecule has 1 N–H and O–H groups in total. The standard InChI is InChI=1S/C14H20O2S.C13H18O2S.C8H10S.C6H10O2/c1-11-5-7-12(8-6-11)10-17-14(2,3)9-13(15)16-4;1-10-4-6-11(7-5-10)9-16-13(2,3)8-12(14)15;1-7-2-4-8(6-9)5-3-7;1-5(2)4-6(7)8-3/h5-8H,9-10H2,1-4H3;4-7H,8-9H2,1-3H3,(H,14,15);2-5,9H,6H2,1H3;4H,1-3H3. The lowest BCUT2D eigenvalue weighted by atomic mass is 10.1. The van der Waals surface area contributed by atoms with Crippen LogP contribution in [0.2, 0.25) is 0 Å². The number of carboxylic acids is 1. The van der Waals surface area contributed by atoms with Crippen molar-refractivity contribution in [1.82, 2.24) is 0 Å². The normalized spacial score (nSPS) is 10.5. The van der Waals surface area contributed by atoms with E-state index in [1.54, 1.807) is 23.5 Å². The number of hydrogen-bond acceptors (Lipinski definition) is 8. The average Bonchev–Trinajstić information content (AvgIpc) is 3.04. The third kappa shape index (κ3) is 24.9. The summed E-state index contributed by atoms with van der Waals surface area (Å²) in [7, 11) is 2.80. The molecular formula is C41H58O6S3. The molecule has 3 aromatic rings. The molecule has 0 aliphatic heterocycles. The summed E-state index contributed by atoms with van der Waals surface area (Å²) in [4.78, 5) is 32.2. The Morgan fingerprint density at radius 1 is 0.660 bits per heavy atom. The molecule has 0 bridgehead atoms. The second kappa shape index (κ2) is 24.9. The predicted octanol–water partition coefficient (Wildman–Crippen LogP) is 10.6. The van der Waals surface area contributed by atoms with Gasteiger partial charge in [-0.3, -0.25) is 9.59 Å². The summed E-state index contributed by atoms with van der Waals surface area (Å²) < 4.78 is 8.75. The molecular weight excluding hydrogens is 685 g/mol. The lowest BCUT2D eigenvalue weighted by molar-refractivity contribution is -0.141. The first-order chi connectivity index (χ1) is 23.3. The fourth-order valence-electron chi connectivity index (χ4n) is 3.80. The van der Waals surface area contributed by atoms with Crippen molar-refractivity contribution in [3.8, 4) is 0 Å². The van der Waals surface area contributed by atoms with E-state index in [2.05, 4.69) is 125 Å². The van der Waals surface area contributed by atoms with Gasteiger partial charge >= 0.3 is 17.9 Å². The number of esters is 2. The molecule has 0 saturated heterocycles. The van der Waals surface area contributed by atoms with E-state index in [1.165, 1.54) is 53.7 Å². The number of carboxylic acid groups (broad SMARTS) is 1. The van der Waals surface area contributed by atoms with E-state index in [0.717, 1.165) is 22.8 Å². The largest absolute Gasteiger partial charge is 0.481 e. The van der Waals surface area contributed by atoms with Crippen molar-refractivity contribution in [2.24, 2.45) is 0 Å². The van der Waals surface area contributed by atoms with Gasteiger partial charge in [0.2, 0.25) is 0 Å². The first-order valence-corrected chi connectivity index (χ1v) is 19.0. The molecule has 6 nitrogen and oxygen atoms in total. The van der Waals surface area contributed by atoms with Gasteiger partial charge in [-0.1, -0.05) is 123 Å². The SMILES string of the molecule is COC(=O)C=C(C)C.COC(=O)CC(C)(C)SCc1ccc(C)cc1.Cc1ccc(CS)cc1.Cc1ccc(CSC(C)(C)CC(=O)O)cc1. The van der Waals surface area contributed by atoms with Gasteiger partial charge < -0.3 is 14.6 Å². The number of thioether (sulfide) groups is 2. The van der Waals surface area contributed by atoms with Crippen LogP contribution in [0.4, 0.5) is 0 Å². The zero-order valence-electron chi connectivity index (χ0n) is 31.8. The summed E-state index contributed by atoms with van der Waals surface area (Å²) in [5.74, 6) is 1.45. The molecule has 3 aromatic carbocycles. The number of benzene rings is 3. The maximum absolute atomic E-state index is 11.2. The van der Waals surface area contributed by atoms with Crippen LogP contribution in [0.1, 0.15) is 87.8 Å². The highest BCUT2D eigenvalue weighted by Crippen LogP contribution is 2.32. The highest BCUT2D eigenvalue weighted by Gasteiger charge is 2.23. The zero-order valence-corrected chi connectivity index (χ0v) is 34.3. The van der Waals surface area contributed by atoms with Crippen LogP contribution in [0.25, 0.3) is 0 Å². The van der Waals surface area contributed by atoms with Crippen LogP contribution in [0.15, 0.2) is 84.4 Å². The fraction of sp³-hybridized carbons (Fsp3) is 0.439. The second-order valence-electron chi connectivity index (χ2n) is 13.3. The molecule has 0 atom stereocenters. The molecule has 9 heteroatoms. The van der Waals surface area contributed by atoms with Crippen molar-refractivity contribution < 1.29 is 29.0 Å². The quantitative estimate of drug-likeness (QED) is 0.108. The van der Waals surface area contributed by atoms with Gasteiger partial charge in [-0.15, -0.1) is 0 Å². The molecule has 0 saturated carbocycles. The van der Waals surface area contributed by atoms with Crippen LogP contribution >= 0.6 is 36.2 Å². The van der Waals surface area contributed by atoms with Gasteiger partial charge in [0.1, 0.15) is 0 Å². The van der Waals surface area contributed by atoms with Gasteiger partial charge in [-0.2, -0.15) is 36.2 Å². The number of methoxy groups -OCH3 is 2. The smallest absolute Gasteiger partial charge is 0.330 e. The van der Waals surface area contributed by atoms with E-state index >= 15 is 0 Å². The van der Waals surface area contributed by atoms with Crippen LogP contribution < -0.4 is 0 Å². The third-order valence-corrected chi connectivity index (χ3v) is 9.96. The van der Waals surface area contributed by atoms with E-state index in [0.29, 0.717) is 6.42 Å². The summed E-state index contributed by atoms with van der Waals surface area (Å²) in [5, 5.41) is 8.77. The highest BCUT2D eigenvalue weighted by molar-refractivity contribution is 8.00. The Hall–Kier alpha value is -3.14. The van der Waals surface area contributed by atoms with Gasteiger partial charge in [0.15, 0.2) is 0 Å². The number of hydrogen-bond donors (Lipinski definition) is 2. The molecule has 50 heavy (non-hydrogen) atoms. The van der Waals surface area contributed by atoms with Gasteiger partial charge in [-0.25, -0.2) is 4.79 Å². The molecule has 276 valence electrons. The van der Waals surface area contributed by atoms with Crippen molar-refractivity contribution in [3.63, 3.8) is 0 Å². The van der Waals surface area contributed by atoms with Crippen LogP contribution in [0.5, 0.6) is 0 Å². The number of allylic oxidation sites excluding steroid dienone is 1. The number of aryl methyl sites for hydroxylation is 3. The minimum absolute atomic E-state index is 0.0853. The third-order valence-electron chi connectivity index (χ3n) is 6.79. The Labute approximate surface area is 315 Å². The van der Waals surface area contributed by atoms with Gasteiger partial charge in [0.25, 0.3) is 0 Å². The number of thiol groups is 1. The van der Waals surface area contributed by atoms with Crippen LogP contribution in [0, 0.1) is 20.8 Å². The van der Waals surface area contributed by atoms with Crippen LogP contribution in [-0.2, 0) is 41.1 Å². The average molecular weight is 743 g/mol. The van der Waals surface area contributed by atoms with Gasteiger partial charge in [0, 0.05) is 32.8 Å². The summed E-state index contributed by atoms with van der Waals surface area (Å²) in [6, 6.07) is 25.3. The van der Waals surface area contributed by atoms with E-state index in [1.807, 2.05) is 27.7 Å². The molecule has 3 rings (SSSR count). The van der Waals surface area contributed by atoms with Crippen molar-refractivity contribution in [2.45, 2.75) is 102 Å². The minimum Gasteiger partial charge on any atom is -0.481 e. The first kappa shape index (κ1) is 46.9. The molecule has 0 aliphatic carbocycles. The van der Waals surface area contributed by atoms with Crippen molar-refractivity contribution in [2.75, 3.05) is 14.2 Å². The first-order valence-electron chi connectivity index (χ1n) is 16.4. The van der Waals surface area contributed by atoms with Crippen molar-refractivity contribution in [1.29, 1.82) is 0 Å². The van der Waals surface area contributed by atoms with Crippen LogP contribution in [-0.4, -0.2) is 46.7 Å². The predicted molar refractivity (Wildman–Crippen MR) is 217 cm³/mol. The number of rotatable bonds is 12. The molecule has 0 fully saturated rings. The topological polar surface area (TPSA) is 89.9 Å². The Morgan fingerprint density at radius 3 is 1.30 bits per heavy atom. The molecule has 0 spiro atoms. The maximum Gasteiger partial charge on any atom is 0.330 e. The zero-order chi connectivity index (χ0) is 38.3. The van der Waals surface area contributed by atoms with Crippen molar-refractivity contribution in [3.05, 3.63) is 118 Å². The van der Waals surface area contributed by atoms with E-state index in [-0.39, 0.29) is 27.9 Å². The fourth-order valence-corrected chi connectivity index (χ4v) is 5.96. The minimum atomic E-state index is -0.735. The van der Waals surface area contributed by atoms with E-state index < -0.39 is 5.97 Å². The number of aliphatic carboxylic acids is 1. The summed E-state index contributed by atoms with van der Waals surface area (Å²) in [5.41, 5.74) is 8.60. The number of carbonyl (C=O) groups excluding carboxylic acids is 2. The Balaban J connectivity index is 0.000000672. The van der Waals surface area contributed by atoms with E-state index in [4.69, 9.17) is 9.84 Å². The van der Waals surface area contributed by atoms with Crippen molar-refractivity contribution >= 4 is 54.1 Å². The lowest BCUT2D eigenvalue weighted by Crippen LogP contribution is -2.21. The van der Waals surface area contributed by atoms with Gasteiger partial charge in [-0.05, 0) is 51.3 Å². The van der Waals surface area contributed by atoms with Crippen LogP contribution in [0.3, 0.4) is 0 Å². The lowest BCUT2D eigenvalue weighted by Gasteiger charge is -2.22. The second-order valence-corrected chi connectivity index (χ2v) is 17.0. The Morgan fingerprint density at radius 2 is 1.02 bits per heavy atom. The Bertz CT molecular complexity index is 1440. The van der Waals surface area contributed by atoms with Gasteiger partial charge in [0.05, 0.1) is 27.1 Å². The molecule has 0 unspecified atom stereocenters. The number of ether oxygens (including phenoxy) is 2. The molecule has 0 aromatic heterocycles. The summed E-state index contributed by atoms with van der Waals surface area (Å²) >= 11 is 7.61. The molecule has 0 radical (unpaired) electrons. The van der Waals surface area contributed by atoms with E-state index in [9.17, 15) is 14.4 Å². The summed E-state index contributed by atoms with van der Waals surface area (Å²) in [6.07, 6.45) is 2.09. The molecule has 0 heterocycles. The number of carbonyl (C=O) groups is 3. The highest BCUT2D eigenvalue weighted by atomic mass is 32.2. The summed E-state index contributed by atoms with van der Waals surface area (Å²) in [6.45, 7) is 18.0. The monoisotopic (exact) mass is 742 g/mol. The molecule has 0 amide bonds. The Kier molecular flexibility index (Phi) is 23.4.